The third-order valence-electron chi connectivity index (χ3n) is 3.73. The van der Waals surface area contributed by atoms with Gasteiger partial charge < -0.3 is 15.2 Å². The fourth-order valence-electron chi connectivity index (χ4n) is 2.53. The first-order chi connectivity index (χ1) is 8.15. The summed E-state index contributed by atoms with van der Waals surface area (Å²) in [6.45, 7) is 8.22. The quantitative estimate of drug-likeness (QED) is 0.716. The monoisotopic (exact) mass is 242 g/mol. The SMILES string of the molecule is CCC1CN(CC(C)(CO)NC2CC2)CCO1. The van der Waals surface area contributed by atoms with Crippen LogP contribution in [0.3, 0.4) is 0 Å². The van der Waals surface area contributed by atoms with Gasteiger partial charge in [0.1, 0.15) is 0 Å². The van der Waals surface area contributed by atoms with Gasteiger partial charge in [0.05, 0.1) is 24.9 Å². The van der Waals surface area contributed by atoms with E-state index in [-0.39, 0.29) is 12.1 Å². The number of morpholine rings is 1. The summed E-state index contributed by atoms with van der Waals surface area (Å²) in [4.78, 5) is 2.42. The Balaban J connectivity index is 1.83. The molecule has 0 spiro atoms. The lowest BCUT2D eigenvalue weighted by Gasteiger charge is -2.39. The van der Waals surface area contributed by atoms with Crippen molar-refractivity contribution in [3.63, 3.8) is 0 Å². The highest BCUT2D eigenvalue weighted by Gasteiger charge is 2.34. The van der Waals surface area contributed by atoms with Crippen molar-refractivity contribution in [2.45, 2.75) is 50.8 Å². The molecule has 2 rings (SSSR count). The van der Waals surface area contributed by atoms with E-state index in [1.165, 1.54) is 12.8 Å². The van der Waals surface area contributed by atoms with Crippen LogP contribution in [-0.4, -0.2) is 60.5 Å². The summed E-state index contributed by atoms with van der Waals surface area (Å²) in [5.41, 5.74) is -0.156. The molecule has 1 saturated carbocycles. The number of hydrogen-bond acceptors (Lipinski definition) is 4. The molecule has 1 saturated heterocycles. The zero-order valence-corrected chi connectivity index (χ0v) is 11.1. The van der Waals surface area contributed by atoms with E-state index in [2.05, 4.69) is 24.1 Å². The zero-order valence-electron chi connectivity index (χ0n) is 11.1. The van der Waals surface area contributed by atoms with E-state index in [0.29, 0.717) is 12.1 Å². The van der Waals surface area contributed by atoms with Crippen LogP contribution < -0.4 is 5.32 Å². The van der Waals surface area contributed by atoms with Gasteiger partial charge in [-0.25, -0.2) is 0 Å². The second-order valence-corrected chi connectivity index (χ2v) is 5.77. The van der Waals surface area contributed by atoms with Gasteiger partial charge in [0.2, 0.25) is 0 Å². The van der Waals surface area contributed by atoms with Crippen LogP contribution in [0.4, 0.5) is 0 Å². The largest absolute Gasteiger partial charge is 0.394 e. The maximum atomic E-state index is 9.60. The molecule has 2 fully saturated rings. The first-order valence-corrected chi connectivity index (χ1v) is 6.88. The second kappa shape index (κ2) is 5.65. The summed E-state index contributed by atoms with van der Waals surface area (Å²) < 4.78 is 5.67. The Morgan fingerprint density at radius 1 is 1.47 bits per heavy atom. The predicted molar refractivity (Wildman–Crippen MR) is 68.1 cm³/mol. The Morgan fingerprint density at radius 2 is 2.24 bits per heavy atom. The van der Waals surface area contributed by atoms with Gasteiger partial charge in [-0.05, 0) is 26.2 Å². The van der Waals surface area contributed by atoms with Gasteiger partial charge in [-0.15, -0.1) is 0 Å². The molecule has 0 radical (unpaired) electrons. The van der Waals surface area contributed by atoms with Gasteiger partial charge in [-0.2, -0.15) is 0 Å². The predicted octanol–water partition coefficient (Wildman–Crippen LogP) is 0.600. The Bertz CT molecular complexity index is 246. The standard InChI is InChI=1S/C13H26N2O2/c1-3-12-8-15(6-7-17-12)9-13(2,10-16)14-11-4-5-11/h11-12,14,16H,3-10H2,1-2H3. The summed E-state index contributed by atoms with van der Waals surface area (Å²) in [5.74, 6) is 0. The van der Waals surface area contributed by atoms with E-state index < -0.39 is 0 Å². The van der Waals surface area contributed by atoms with Gasteiger partial charge in [0.25, 0.3) is 0 Å². The van der Waals surface area contributed by atoms with E-state index in [1.807, 2.05) is 0 Å². The third-order valence-corrected chi connectivity index (χ3v) is 3.73. The van der Waals surface area contributed by atoms with Crippen LogP contribution in [-0.2, 0) is 4.74 Å². The van der Waals surface area contributed by atoms with E-state index in [0.717, 1.165) is 32.7 Å². The van der Waals surface area contributed by atoms with Crippen LogP contribution in [0.25, 0.3) is 0 Å². The molecule has 2 N–H and O–H groups in total. The number of nitrogens with one attached hydrogen (secondary N) is 1. The Morgan fingerprint density at radius 3 is 2.82 bits per heavy atom. The first-order valence-electron chi connectivity index (χ1n) is 6.88. The molecular weight excluding hydrogens is 216 g/mol. The highest BCUT2D eigenvalue weighted by Crippen LogP contribution is 2.23. The maximum absolute atomic E-state index is 9.60. The van der Waals surface area contributed by atoms with Gasteiger partial charge in [0.15, 0.2) is 0 Å². The smallest absolute Gasteiger partial charge is 0.0700 e. The van der Waals surface area contributed by atoms with Crippen molar-refractivity contribution in [1.82, 2.24) is 10.2 Å². The van der Waals surface area contributed by atoms with Crippen molar-refractivity contribution in [3.05, 3.63) is 0 Å². The molecule has 0 aromatic rings. The summed E-state index contributed by atoms with van der Waals surface area (Å²) in [6.07, 6.45) is 3.96. The van der Waals surface area contributed by atoms with Crippen molar-refractivity contribution >= 4 is 0 Å². The van der Waals surface area contributed by atoms with Crippen LogP contribution in [0.15, 0.2) is 0 Å². The molecule has 0 aromatic carbocycles. The molecule has 17 heavy (non-hydrogen) atoms. The van der Waals surface area contributed by atoms with Crippen LogP contribution in [0.2, 0.25) is 0 Å². The van der Waals surface area contributed by atoms with E-state index in [4.69, 9.17) is 4.74 Å². The van der Waals surface area contributed by atoms with Crippen molar-refractivity contribution in [1.29, 1.82) is 0 Å². The lowest BCUT2D eigenvalue weighted by atomic mass is 10.0. The molecule has 1 aliphatic heterocycles. The number of hydrogen-bond donors (Lipinski definition) is 2. The number of aliphatic hydroxyl groups excluding tert-OH is 1. The molecule has 0 bridgehead atoms. The van der Waals surface area contributed by atoms with Crippen molar-refractivity contribution in [2.75, 3.05) is 32.8 Å². The van der Waals surface area contributed by atoms with Gasteiger partial charge in [-0.3, -0.25) is 4.90 Å². The average Bonchev–Trinajstić information content (AvgIpc) is 3.13. The molecule has 1 aliphatic carbocycles. The third kappa shape index (κ3) is 3.91. The van der Waals surface area contributed by atoms with Crippen molar-refractivity contribution in [2.24, 2.45) is 0 Å². The zero-order chi connectivity index (χ0) is 12.3. The molecule has 2 atom stereocenters. The highest BCUT2D eigenvalue weighted by atomic mass is 16.5. The second-order valence-electron chi connectivity index (χ2n) is 5.77. The summed E-state index contributed by atoms with van der Waals surface area (Å²) in [7, 11) is 0. The molecule has 100 valence electrons. The molecule has 1 heterocycles. The Labute approximate surface area is 104 Å². The van der Waals surface area contributed by atoms with E-state index >= 15 is 0 Å². The molecule has 4 nitrogen and oxygen atoms in total. The van der Waals surface area contributed by atoms with Crippen molar-refractivity contribution in [3.8, 4) is 0 Å². The number of ether oxygens (including phenoxy) is 1. The molecular formula is C13H26N2O2. The fraction of sp³-hybridized carbons (Fsp3) is 1.00. The molecule has 0 aromatic heterocycles. The Hall–Kier alpha value is -0.160. The lowest BCUT2D eigenvalue weighted by molar-refractivity contribution is -0.0404. The highest BCUT2D eigenvalue weighted by molar-refractivity contribution is 4.94. The van der Waals surface area contributed by atoms with E-state index in [1.54, 1.807) is 0 Å². The minimum absolute atomic E-state index is 0.156. The maximum Gasteiger partial charge on any atom is 0.0700 e. The van der Waals surface area contributed by atoms with Crippen LogP contribution in [0.1, 0.15) is 33.1 Å². The van der Waals surface area contributed by atoms with Crippen LogP contribution in [0, 0.1) is 0 Å². The normalized spacial score (nSPS) is 30.2. The fourth-order valence-corrected chi connectivity index (χ4v) is 2.53. The van der Waals surface area contributed by atoms with Gasteiger partial charge in [-0.1, -0.05) is 6.92 Å². The van der Waals surface area contributed by atoms with Gasteiger partial charge in [0, 0.05) is 25.7 Å². The van der Waals surface area contributed by atoms with E-state index in [9.17, 15) is 5.11 Å². The minimum atomic E-state index is -0.156. The lowest BCUT2D eigenvalue weighted by Crippen LogP contribution is -2.57. The Kier molecular flexibility index (Phi) is 4.42. The topological polar surface area (TPSA) is 44.7 Å². The number of nitrogens with zero attached hydrogens (tertiary/aromatic N) is 1. The number of aliphatic hydroxyl groups is 1. The minimum Gasteiger partial charge on any atom is -0.394 e. The molecule has 0 amide bonds. The molecule has 2 unspecified atom stereocenters. The van der Waals surface area contributed by atoms with Crippen LogP contribution >= 0.6 is 0 Å². The van der Waals surface area contributed by atoms with Crippen molar-refractivity contribution < 1.29 is 9.84 Å². The first kappa shape index (κ1) is 13.3. The number of rotatable bonds is 6. The average molecular weight is 242 g/mol. The van der Waals surface area contributed by atoms with Crippen LogP contribution in [0.5, 0.6) is 0 Å². The summed E-state index contributed by atoms with van der Waals surface area (Å²) >= 11 is 0. The molecule has 4 heteroatoms. The summed E-state index contributed by atoms with van der Waals surface area (Å²) in [5, 5.41) is 13.2. The molecule has 2 aliphatic rings. The summed E-state index contributed by atoms with van der Waals surface area (Å²) in [6, 6.07) is 0.634. The van der Waals surface area contributed by atoms with Gasteiger partial charge >= 0.3 is 0 Å².